The molecule has 2 heterocycles. The van der Waals surface area contributed by atoms with Gasteiger partial charge in [0.1, 0.15) is 35.3 Å². The molecular formula is C25H19F4N3O5. The summed E-state index contributed by atoms with van der Waals surface area (Å²) >= 11 is 0. The van der Waals surface area contributed by atoms with Gasteiger partial charge in [0.15, 0.2) is 0 Å². The van der Waals surface area contributed by atoms with Crippen LogP contribution in [-0.4, -0.2) is 48.8 Å². The number of rotatable bonds is 7. The van der Waals surface area contributed by atoms with Crippen LogP contribution in [0.1, 0.15) is 20.7 Å². The summed E-state index contributed by atoms with van der Waals surface area (Å²) in [6.45, 7) is -1.44. The number of methoxy groups -OCH3 is 1. The summed E-state index contributed by atoms with van der Waals surface area (Å²) in [5, 5.41) is 14.4. The van der Waals surface area contributed by atoms with Crippen molar-refractivity contribution >= 4 is 28.8 Å². The Hall–Kier alpha value is -4.61. The van der Waals surface area contributed by atoms with E-state index in [0.29, 0.717) is 5.56 Å². The van der Waals surface area contributed by atoms with Gasteiger partial charge in [0.05, 0.1) is 18.1 Å². The molecule has 12 heteroatoms. The molecule has 4 rings (SSSR count). The van der Waals surface area contributed by atoms with Gasteiger partial charge in [-0.15, -0.1) is 0 Å². The number of alkyl halides is 3. The van der Waals surface area contributed by atoms with E-state index in [-0.39, 0.29) is 50.7 Å². The van der Waals surface area contributed by atoms with Gasteiger partial charge in [-0.1, -0.05) is 6.07 Å². The molecule has 0 saturated heterocycles. The number of furan rings is 1. The Morgan fingerprint density at radius 3 is 2.35 bits per heavy atom. The first-order chi connectivity index (χ1) is 17.5. The maximum absolute atomic E-state index is 13.5. The number of aromatic carboxylic acids is 1. The van der Waals surface area contributed by atoms with Gasteiger partial charge in [0.25, 0.3) is 5.91 Å². The fourth-order valence-electron chi connectivity index (χ4n) is 3.76. The zero-order chi connectivity index (χ0) is 26.9. The van der Waals surface area contributed by atoms with Gasteiger partial charge in [0.2, 0.25) is 5.71 Å². The number of pyridine rings is 1. The summed E-state index contributed by atoms with van der Waals surface area (Å²) in [4.78, 5) is 28.8. The molecule has 0 bridgehead atoms. The molecule has 0 radical (unpaired) electrons. The van der Waals surface area contributed by atoms with E-state index in [9.17, 15) is 32.3 Å². The number of carboxylic acid groups (broad SMARTS) is 1. The lowest BCUT2D eigenvalue weighted by molar-refractivity contribution is -0.115. The highest BCUT2D eigenvalue weighted by atomic mass is 19.4. The number of benzene rings is 2. The molecule has 1 amide bonds. The van der Waals surface area contributed by atoms with Gasteiger partial charge in [-0.05, 0) is 48.0 Å². The van der Waals surface area contributed by atoms with Crippen LogP contribution in [0.15, 0.2) is 52.9 Å². The molecule has 0 aliphatic heterocycles. The smallest absolute Gasteiger partial charge is 0.405 e. The van der Waals surface area contributed by atoms with Crippen molar-refractivity contribution in [3.63, 3.8) is 0 Å². The Balaban J connectivity index is 2.00. The van der Waals surface area contributed by atoms with Crippen LogP contribution in [-0.2, 0) is 0 Å². The minimum absolute atomic E-state index is 0.0206. The van der Waals surface area contributed by atoms with E-state index in [0.717, 1.165) is 12.1 Å². The number of halogens is 4. The zero-order valence-electron chi connectivity index (χ0n) is 19.4. The molecule has 37 heavy (non-hydrogen) atoms. The predicted octanol–water partition coefficient (Wildman–Crippen LogP) is 5.34. The molecule has 2 aromatic carbocycles. The van der Waals surface area contributed by atoms with E-state index >= 15 is 0 Å². The minimum Gasteiger partial charge on any atom is -0.496 e. The van der Waals surface area contributed by atoms with Crippen LogP contribution >= 0.6 is 0 Å². The molecule has 0 aliphatic carbocycles. The SMILES string of the molecule is CNC(=O)c1c(-c2ccc(F)cc2)oc2nc(NCC(F)(F)F)c(-c3ccc(OC)c(C(=O)O)c3)cc12. The largest absolute Gasteiger partial charge is 0.496 e. The molecule has 0 saturated carbocycles. The number of amides is 1. The maximum atomic E-state index is 13.5. The van der Waals surface area contributed by atoms with Crippen molar-refractivity contribution < 1.29 is 41.4 Å². The maximum Gasteiger partial charge on any atom is 0.405 e. The molecule has 0 aliphatic rings. The number of carbonyl (C=O) groups is 2. The molecule has 3 N–H and O–H groups in total. The molecule has 4 aromatic rings. The second kappa shape index (κ2) is 9.80. The Kier molecular flexibility index (Phi) is 6.75. The first-order valence-electron chi connectivity index (χ1n) is 10.7. The van der Waals surface area contributed by atoms with E-state index < -0.39 is 30.4 Å². The van der Waals surface area contributed by atoms with Crippen molar-refractivity contribution in [2.45, 2.75) is 6.18 Å². The van der Waals surface area contributed by atoms with Crippen LogP contribution in [0.2, 0.25) is 0 Å². The van der Waals surface area contributed by atoms with Crippen molar-refractivity contribution in [2.75, 3.05) is 26.0 Å². The van der Waals surface area contributed by atoms with Gasteiger partial charge in [-0.2, -0.15) is 18.2 Å². The fraction of sp³-hybridized carbons (Fsp3) is 0.160. The first kappa shape index (κ1) is 25.5. The van der Waals surface area contributed by atoms with Crippen molar-refractivity contribution in [1.82, 2.24) is 10.3 Å². The third-order valence-electron chi connectivity index (χ3n) is 5.44. The second-order valence-electron chi connectivity index (χ2n) is 7.82. The molecule has 0 fully saturated rings. The van der Waals surface area contributed by atoms with E-state index in [2.05, 4.69) is 15.6 Å². The highest BCUT2D eigenvalue weighted by Gasteiger charge is 2.29. The standard InChI is InChI=1S/C25H19F4N3O5/c1-30-22(33)19-17-10-15(13-5-8-18(36-2)16(9-13)24(34)35)21(31-11-25(27,28)29)32-23(17)37-20(19)12-3-6-14(26)7-4-12/h3-10H,11H2,1-2H3,(H,30,33)(H,31,32)(H,34,35). The third-order valence-corrected chi connectivity index (χ3v) is 5.44. The van der Waals surface area contributed by atoms with Gasteiger partial charge in [-0.3, -0.25) is 4.79 Å². The first-order valence-corrected chi connectivity index (χ1v) is 10.7. The molecule has 0 spiro atoms. The Bertz CT molecular complexity index is 1500. The number of ether oxygens (including phenoxy) is 1. The van der Waals surface area contributed by atoms with E-state index in [1.54, 1.807) is 0 Å². The topological polar surface area (TPSA) is 114 Å². The molecule has 2 aromatic heterocycles. The number of hydrogen-bond acceptors (Lipinski definition) is 6. The number of hydrogen-bond donors (Lipinski definition) is 3. The van der Waals surface area contributed by atoms with Crippen LogP contribution < -0.4 is 15.4 Å². The van der Waals surface area contributed by atoms with Gasteiger partial charge < -0.3 is 24.9 Å². The fourth-order valence-corrected chi connectivity index (χ4v) is 3.76. The summed E-state index contributed by atoms with van der Waals surface area (Å²) in [5.41, 5.74) is 0.253. The summed E-state index contributed by atoms with van der Waals surface area (Å²) in [6.07, 6.45) is -4.59. The lowest BCUT2D eigenvalue weighted by Gasteiger charge is -2.14. The third kappa shape index (κ3) is 5.17. The minimum atomic E-state index is -4.59. The normalized spacial score (nSPS) is 11.4. The monoisotopic (exact) mass is 517 g/mol. The lowest BCUT2D eigenvalue weighted by atomic mass is 9.99. The highest BCUT2D eigenvalue weighted by Crippen LogP contribution is 2.39. The number of fused-ring (bicyclic) bond motifs is 1. The molecule has 0 atom stereocenters. The number of carbonyl (C=O) groups excluding carboxylic acids is 1. The Labute approximate surface area is 206 Å². The van der Waals surface area contributed by atoms with Crippen LogP contribution in [0, 0.1) is 5.82 Å². The number of nitrogens with one attached hydrogen (secondary N) is 2. The van der Waals surface area contributed by atoms with Crippen molar-refractivity contribution in [2.24, 2.45) is 0 Å². The van der Waals surface area contributed by atoms with Crippen LogP contribution in [0.5, 0.6) is 5.75 Å². The predicted molar refractivity (Wildman–Crippen MR) is 126 cm³/mol. The lowest BCUT2D eigenvalue weighted by Crippen LogP contribution is -2.22. The van der Waals surface area contributed by atoms with Crippen LogP contribution in [0.4, 0.5) is 23.4 Å². The van der Waals surface area contributed by atoms with Crippen LogP contribution in [0.3, 0.4) is 0 Å². The molecular weight excluding hydrogens is 498 g/mol. The molecule has 0 unspecified atom stereocenters. The van der Waals surface area contributed by atoms with Gasteiger partial charge >= 0.3 is 12.1 Å². The van der Waals surface area contributed by atoms with Crippen molar-refractivity contribution in [1.29, 1.82) is 0 Å². The second-order valence-corrected chi connectivity index (χ2v) is 7.82. The molecule has 192 valence electrons. The number of nitrogens with zero attached hydrogens (tertiary/aromatic N) is 1. The Morgan fingerprint density at radius 2 is 1.76 bits per heavy atom. The van der Waals surface area contributed by atoms with Gasteiger partial charge in [-0.25, -0.2) is 9.18 Å². The zero-order valence-corrected chi connectivity index (χ0v) is 19.4. The summed E-state index contributed by atoms with van der Waals surface area (Å²) in [5.74, 6) is -2.60. The summed E-state index contributed by atoms with van der Waals surface area (Å²) < 4.78 is 63.4. The summed E-state index contributed by atoms with van der Waals surface area (Å²) in [7, 11) is 2.66. The number of anilines is 1. The average Bonchev–Trinajstić information content (AvgIpc) is 3.24. The van der Waals surface area contributed by atoms with E-state index in [1.807, 2.05) is 0 Å². The van der Waals surface area contributed by atoms with Crippen molar-refractivity contribution in [3.8, 4) is 28.2 Å². The van der Waals surface area contributed by atoms with E-state index in [1.165, 1.54) is 50.6 Å². The Morgan fingerprint density at radius 1 is 1.08 bits per heavy atom. The van der Waals surface area contributed by atoms with Crippen LogP contribution in [0.25, 0.3) is 33.6 Å². The molecule has 8 nitrogen and oxygen atoms in total. The van der Waals surface area contributed by atoms with Crippen molar-refractivity contribution in [3.05, 3.63) is 65.5 Å². The number of carboxylic acids is 1. The average molecular weight is 517 g/mol. The number of aromatic nitrogens is 1. The summed E-state index contributed by atoms with van der Waals surface area (Å²) in [6, 6.07) is 10.5. The highest BCUT2D eigenvalue weighted by molar-refractivity contribution is 6.11. The quantitative estimate of drug-likeness (QED) is 0.284. The van der Waals surface area contributed by atoms with E-state index in [4.69, 9.17) is 9.15 Å². The van der Waals surface area contributed by atoms with Gasteiger partial charge in [0, 0.05) is 18.2 Å².